The monoisotopic (exact) mass is 459 g/mol. The predicted molar refractivity (Wildman–Crippen MR) is 121 cm³/mol. The molecule has 3 rings (SSSR count). The molecule has 162 valence electrons. The van der Waals surface area contributed by atoms with Gasteiger partial charge in [0.1, 0.15) is 0 Å². The minimum Gasteiger partial charge on any atom is -0.481 e. The maximum Gasteiger partial charge on any atom is 0.305 e. The van der Waals surface area contributed by atoms with Crippen LogP contribution in [0.3, 0.4) is 0 Å². The Morgan fingerprint density at radius 2 is 1.84 bits per heavy atom. The molecule has 0 aliphatic rings. The second-order valence-electron chi connectivity index (χ2n) is 6.73. The SMILES string of the molecule is CC(=O)Nc1nc(C)c(-c2csc(Nc3ccc(C(=O)N(C)CCC(=O)O)cc3)n2)s1. The molecule has 0 fully saturated rings. The number of amides is 2. The number of aliphatic carboxylic acids is 1. The second kappa shape index (κ2) is 9.67. The third kappa shape index (κ3) is 5.86. The van der Waals surface area contributed by atoms with Crippen LogP contribution in [0.25, 0.3) is 10.6 Å². The van der Waals surface area contributed by atoms with Crippen molar-refractivity contribution in [2.45, 2.75) is 20.3 Å². The van der Waals surface area contributed by atoms with Gasteiger partial charge in [-0.2, -0.15) is 0 Å². The number of aromatic nitrogens is 2. The number of carboxylic acids is 1. The molecule has 0 unspecified atom stereocenters. The van der Waals surface area contributed by atoms with Crippen molar-refractivity contribution in [3.05, 3.63) is 40.9 Å². The zero-order chi connectivity index (χ0) is 22.5. The van der Waals surface area contributed by atoms with Crippen molar-refractivity contribution in [2.24, 2.45) is 0 Å². The molecule has 0 aliphatic carbocycles. The van der Waals surface area contributed by atoms with E-state index in [1.54, 1.807) is 31.3 Å². The van der Waals surface area contributed by atoms with E-state index in [-0.39, 0.29) is 24.8 Å². The molecule has 0 aliphatic heterocycles. The number of carbonyl (C=O) groups is 3. The first-order valence-corrected chi connectivity index (χ1v) is 11.0. The van der Waals surface area contributed by atoms with Crippen molar-refractivity contribution in [3.8, 4) is 10.6 Å². The fourth-order valence-corrected chi connectivity index (χ4v) is 4.45. The zero-order valence-electron chi connectivity index (χ0n) is 17.1. The van der Waals surface area contributed by atoms with Crippen LogP contribution in [0.4, 0.5) is 16.0 Å². The summed E-state index contributed by atoms with van der Waals surface area (Å²) in [6.45, 7) is 3.46. The van der Waals surface area contributed by atoms with Gasteiger partial charge >= 0.3 is 5.97 Å². The lowest BCUT2D eigenvalue weighted by Gasteiger charge is -2.16. The normalized spacial score (nSPS) is 10.5. The molecule has 0 bridgehead atoms. The van der Waals surface area contributed by atoms with Crippen LogP contribution in [0.15, 0.2) is 29.6 Å². The Morgan fingerprint density at radius 1 is 1.13 bits per heavy atom. The topological polar surface area (TPSA) is 125 Å². The van der Waals surface area contributed by atoms with E-state index in [0.717, 1.165) is 22.0 Å². The van der Waals surface area contributed by atoms with Gasteiger partial charge in [-0.15, -0.1) is 11.3 Å². The highest BCUT2D eigenvalue weighted by atomic mass is 32.1. The highest BCUT2D eigenvalue weighted by Crippen LogP contribution is 2.35. The van der Waals surface area contributed by atoms with Gasteiger partial charge in [0.05, 0.1) is 22.7 Å². The number of rotatable bonds is 8. The minimum absolute atomic E-state index is 0.0974. The first-order chi connectivity index (χ1) is 14.7. The standard InChI is InChI=1S/C20H21N5O4S2/c1-11-17(31-20(21-11)22-12(2)26)15-10-30-19(24-15)23-14-6-4-13(5-7-14)18(29)25(3)9-8-16(27)28/h4-7,10H,8-9H2,1-3H3,(H,23,24)(H,27,28)(H,21,22,26). The maximum absolute atomic E-state index is 12.4. The van der Waals surface area contributed by atoms with Gasteiger partial charge in [0, 0.05) is 37.1 Å². The Morgan fingerprint density at radius 3 is 2.48 bits per heavy atom. The molecule has 2 aromatic heterocycles. The summed E-state index contributed by atoms with van der Waals surface area (Å²) < 4.78 is 0. The summed E-state index contributed by atoms with van der Waals surface area (Å²) in [5.74, 6) is -1.35. The minimum atomic E-state index is -0.943. The summed E-state index contributed by atoms with van der Waals surface area (Å²) in [5.41, 5.74) is 2.81. The van der Waals surface area contributed by atoms with Gasteiger partial charge in [0.2, 0.25) is 5.91 Å². The van der Waals surface area contributed by atoms with Crippen molar-refractivity contribution < 1.29 is 19.5 Å². The molecule has 9 nitrogen and oxygen atoms in total. The van der Waals surface area contributed by atoms with E-state index in [9.17, 15) is 14.4 Å². The summed E-state index contributed by atoms with van der Waals surface area (Å²) >= 11 is 2.80. The summed E-state index contributed by atoms with van der Waals surface area (Å²) in [6.07, 6.45) is -0.0974. The van der Waals surface area contributed by atoms with Gasteiger partial charge in [0.25, 0.3) is 5.91 Å². The van der Waals surface area contributed by atoms with Crippen molar-refractivity contribution in [2.75, 3.05) is 24.2 Å². The number of carboxylic acid groups (broad SMARTS) is 1. The van der Waals surface area contributed by atoms with Crippen molar-refractivity contribution in [1.82, 2.24) is 14.9 Å². The lowest BCUT2D eigenvalue weighted by molar-refractivity contribution is -0.137. The van der Waals surface area contributed by atoms with Crippen LogP contribution in [-0.2, 0) is 9.59 Å². The van der Waals surface area contributed by atoms with Gasteiger partial charge in [-0.3, -0.25) is 14.4 Å². The predicted octanol–water partition coefficient (Wildman–Crippen LogP) is 3.82. The van der Waals surface area contributed by atoms with Crippen molar-refractivity contribution in [3.63, 3.8) is 0 Å². The van der Waals surface area contributed by atoms with E-state index in [1.165, 1.54) is 34.5 Å². The number of carbonyl (C=O) groups excluding carboxylic acids is 2. The van der Waals surface area contributed by atoms with E-state index in [4.69, 9.17) is 5.11 Å². The Kier molecular flexibility index (Phi) is 6.98. The lowest BCUT2D eigenvalue weighted by atomic mass is 10.2. The molecule has 11 heteroatoms. The van der Waals surface area contributed by atoms with E-state index < -0.39 is 5.97 Å². The average Bonchev–Trinajstić information content (AvgIpc) is 3.31. The molecule has 3 aromatic rings. The Bertz CT molecular complexity index is 1110. The third-order valence-electron chi connectivity index (χ3n) is 4.21. The van der Waals surface area contributed by atoms with Crippen LogP contribution in [0.1, 0.15) is 29.4 Å². The van der Waals surface area contributed by atoms with Gasteiger partial charge in [0.15, 0.2) is 10.3 Å². The summed E-state index contributed by atoms with van der Waals surface area (Å²) in [4.78, 5) is 45.5. The fraction of sp³-hybridized carbons (Fsp3) is 0.250. The van der Waals surface area contributed by atoms with Crippen LogP contribution >= 0.6 is 22.7 Å². The fourth-order valence-electron chi connectivity index (χ4n) is 2.68. The van der Waals surface area contributed by atoms with Crippen molar-refractivity contribution in [1.29, 1.82) is 0 Å². The Hall–Kier alpha value is -3.31. The first-order valence-electron chi connectivity index (χ1n) is 9.28. The van der Waals surface area contributed by atoms with Gasteiger partial charge in [-0.05, 0) is 31.2 Å². The van der Waals surface area contributed by atoms with Gasteiger partial charge < -0.3 is 20.6 Å². The number of benzene rings is 1. The molecule has 0 radical (unpaired) electrons. The lowest BCUT2D eigenvalue weighted by Crippen LogP contribution is -2.28. The van der Waals surface area contributed by atoms with Crippen LogP contribution in [0.5, 0.6) is 0 Å². The molecule has 2 heterocycles. The summed E-state index contributed by atoms with van der Waals surface area (Å²) in [5, 5.41) is 17.8. The molecule has 1 aromatic carbocycles. The molecule has 0 saturated heterocycles. The smallest absolute Gasteiger partial charge is 0.305 e. The van der Waals surface area contributed by atoms with E-state index >= 15 is 0 Å². The quantitative estimate of drug-likeness (QED) is 0.468. The van der Waals surface area contributed by atoms with Crippen molar-refractivity contribution >= 4 is 56.4 Å². The van der Waals surface area contributed by atoms with Crippen LogP contribution < -0.4 is 10.6 Å². The molecular formula is C20H21N5O4S2. The Balaban J connectivity index is 1.66. The molecule has 31 heavy (non-hydrogen) atoms. The van der Waals surface area contributed by atoms with Gasteiger partial charge in [-0.25, -0.2) is 9.97 Å². The van der Waals surface area contributed by atoms with E-state index in [0.29, 0.717) is 15.8 Å². The maximum atomic E-state index is 12.4. The number of anilines is 3. The van der Waals surface area contributed by atoms with Crippen LogP contribution in [-0.4, -0.2) is 51.4 Å². The first kappa shape index (κ1) is 22.4. The Labute approximate surface area is 186 Å². The molecule has 3 N–H and O–H groups in total. The molecular weight excluding hydrogens is 438 g/mol. The van der Waals surface area contributed by atoms with Crippen LogP contribution in [0, 0.1) is 6.92 Å². The number of hydrogen-bond acceptors (Lipinski definition) is 8. The molecule has 0 spiro atoms. The number of aryl methyl sites for hydroxylation is 1. The average molecular weight is 460 g/mol. The molecule has 2 amide bonds. The van der Waals surface area contributed by atoms with Gasteiger partial charge in [-0.1, -0.05) is 11.3 Å². The number of nitrogens with zero attached hydrogens (tertiary/aromatic N) is 3. The van der Waals surface area contributed by atoms with E-state index in [1.807, 2.05) is 12.3 Å². The molecule has 0 atom stereocenters. The number of nitrogens with one attached hydrogen (secondary N) is 2. The third-order valence-corrected chi connectivity index (χ3v) is 6.06. The van der Waals surface area contributed by atoms with Crippen LogP contribution in [0.2, 0.25) is 0 Å². The highest BCUT2D eigenvalue weighted by Gasteiger charge is 2.15. The number of hydrogen-bond donors (Lipinski definition) is 3. The zero-order valence-corrected chi connectivity index (χ0v) is 18.8. The highest BCUT2D eigenvalue weighted by molar-refractivity contribution is 7.20. The summed E-state index contributed by atoms with van der Waals surface area (Å²) in [6, 6.07) is 6.91. The second-order valence-corrected chi connectivity index (χ2v) is 8.58. The molecule has 0 saturated carbocycles. The number of thiazole rings is 2. The van der Waals surface area contributed by atoms with E-state index in [2.05, 4.69) is 20.6 Å². The summed E-state index contributed by atoms with van der Waals surface area (Å²) in [7, 11) is 1.58. The largest absolute Gasteiger partial charge is 0.481 e.